The second-order valence-corrected chi connectivity index (χ2v) is 8.76. The Morgan fingerprint density at radius 3 is 2.55 bits per heavy atom. The lowest BCUT2D eigenvalue weighted by Gasteiger charge is -2.24. The van der Waals surface area contributed by atoms with Crippen LogP contribution in [-0.2, 0) is 16.1 Å². The Balaban J connectivity index is 1.55. The Kier molecular flexibility index (Phi) is 6.74. The normalized spacial score (nSPS) is 17.5. The number of nitrogens with zero attached hydrogens (tertiary/aromatic N) is 1. The van der Waals surface area contributed by atoms with Crippen LogP contribution in [0.25, 0.3) is 0 Å². The smallest absolute Gasteiger partial charge is 0.411 e. The first-order chi connectivity index (χ1) is 16.0. The van der Waals surface area contributed by atoms with Gasteiger partial charge < -0.3 is 15.4 Å². The Labute approximate surface area is 196 Å². The van der Waals surface area contributed by atoms with Gasteiger partial charge >= 0.3 is 6.09 Å². The van der Waals surface area contributed by atoms with Gasteiger partial charge in [0.1, 0.15) is 0 Å². The average molecular weight is 464 g/mol. The van der Waals surface area contributed by atoms with E-state index < -0.39 is 18.2 Å². The van der Waals surface area contributed by atoms with Crippen molar-refractivity contribution in [2.45, 2.75) is 32.5 Å². The first-order valence-electron chi connectivity index (χ1n) is 10.7. The summed E-state index contributed by atoms with van der Waals surface area (Å²) in [4.78, 5) is 40.1. The van der Waals surface area contributed by atoms with Gasteiger partial charge in [-0.05, 0) is 48.6 Å². The summed E-state index contributed by atoms with van der Waals surface area (Å²) < 4.78 is 5.66. The molecular formula is C25H25N3O4S. The predicted molar refractivity (Wildman–Crippen MR) is 127 cm³/mol. The minimum absolute atomic E-state index is 0.186. The van der Waals surface area contributed by atoms with Crippen molar-refractivity contribution in [2.24, 2.45) is 0 Å². The van der Waals surface area contributed by atoms with Crippen LogP contribution in [0.3, 0.4) is 0 Å². The summed E-state index contributed by atoms with van der Waals surface area (Å²) in [5.41, 5.74) is 3.30. The van der Waals surface area contributed by atoms with Crippen LogP contribution in [0.1, 0.15) is 39.4 Å². The molecule has 0 aliphatic carbocycles. The Morgan fingerprint density at radius 2 is 1.88 bits per heavy atom. The van der Waals surface area contributed by atoms with Crippen LogP contribution in [-0.4, -0.2) is 35.4 Å². The third-order valence-electron chi connectivity index (χ3n) is 5.38. The lowest BCUT2D eigenvalue weighted by Crippen LogP contribution is -2.46. The van der Waals surface area contributed by atoms with Gasteiger partial charge in [-0.15, -0.1) is 11.3 Å². The van der Waals surface area contributed by atoms with Crippen LogP contribution in [0, 0.1) is 6.92 Å². The molecule has 1 aliphatic heterocycles. The fraction of sp³-hybridized carbons (Fsp3) is 0.240. The summed E-state index contributed by atoms with van der Waals surface area (Å²) in [5.74, 6) is -0.453. The van der Waals surface area contributed by atoms with Crippen molar-refractivity contribution in [1.82, 2.24) is 10.2 Å². The third kappa shape index (κ3) is 5.06. The van der Waals surface area contributed by atoms with Gasteiger partial charge in [0.05, 0.1) is 11.4 Å². The van der Waals surface area contributed by atoms with E-state index in [0.717, 1.165) is 11.1 Å². The number of nitrogens with one attached hydrogen (secondary N) is 2. The maximum Gasteiger partial charge on any atom is 0.411 e. The zero-order valence-electron chi connectivity index (χ0n) is 18.4. The molecule has 1 fully saturated rings. The van der Waals surface area contributed by atoms with Gasteiger partial charge in [0.25, 0.3) is 5.91 Å². The molecule has 0 radical (unpaired) electrons. The van der Waals surface area contributed by atoms with E-state index in [-0.39, 0.29) is 18.4 Å². The van der Waals surface area contributed by atoms with Crippen molar-refractivity contribution in [3.63, 3.8) is 0 Å². The van der Waals surface area contributed by atoms with Crippen molar-refractivity contribution >= 4 is 34.9 Å². The minimum Gasteiger partial charge on any atom is -0.438 e. The van der Waals surface area contributed by atoms with Gasteiger partial charge in [-0.25, -0.2) is 4.79 Å². The molecule has 0 bridgehead atoms. The van der Waals surface area contributed by atoms with Gasteiger partial charge in [0.15, 0.2) is 12.1 Å². The number of rotatable bonds is 7. The minimum atomic E-state index is -0.801. The summed E-state index contributed by atoms with van der Waals surface area (Å²) in [5, 5.41) is 7.51. The SMILES string of the molecule is CCNC(=O)[C@@H]1[C@H](c2ccc(NC(=O)c3cccs3)cc2)OC(=O)N1Cc1cccc(C)c1. The fourth-order valence-corrected chi connectivity index (χ4v) is 4.47. The van der Waals surface area contributed by atoms with E-state index in [2.05, 4.69) is 10.6 Å². The highest BCUT2D eigenvalue weighted by Gasteiger charge is 2.46. The van der Waals surface area contributed by atoms with E-state index in [1.165, 1.54) is 16.2 Å². The van der Waals surface area contributed by atoms with Crippen molar-refractivity contribution in [3.05, 3.63) is 87.6 Å². The average Bonchev–Trinajstić information content (AvgIpc) is 3.44. The van der Waals surface area contributed by atoms with E-state index in [1.807, 2.05) is 49.6 Å². The van der Waals surface area contributed by atoms with Crippen molar-refractivity contribution in [3.8, 4) is 0 Å². The number of hydrogen-bond donors (Lipinski definition) is 2. The predicted octanol–water partition coefficient (Wildman–Crippen LogP) is 4.51. The lowest BCUT2D eigenvalue weighted by molar-refractivity contribution is -0.126. The number of aryl methyl sites for hydroxylation is 1. The number of thiophene rings is 1. The first kappa shape index (κ1) is 22.5. The second kappa shape index (κ2) is 9.87. The number of carbonyl (C=O) groups is 3. The summed E-state index contributed by atoms with van der Waals surface area (Å²) >= 11 is 1.36. The lowest BCUT2D eigenvalue weighted by atomic mass is 10.00. The molecule has 1 saturated heterocycles. The highest BCUT2D eigenvalue weighted by atomic mass is 32.1. The maximum absolute atomic E-state index is 12.9. The van der Waals surface area contributed by atoms with Crippen molar-refractivity contribution in [2.75, 3.05) is 11.9 Å². The molecule has 3 aromatic rings. The number of cyclic esters (lactones) is 1. The zero-order chi connectivity index (χ0) is 23.4. The first-order valence-corrected chi connectivity index (χ1v) is 11.6. The van der Waals surface area contributed by atoms with Crippen molar-refractivity contribution in [1.29, 1.82) is 0 Å². The van der Waals surface area contributed by atoms with Crippen LogP contribution in [0.15, 0.2) is 66.0 Å². The van der Waals surface area contributed by atoms with Gasteiger partial charge in [0.2, 0.25) is 5.91 Å². The van der Waals surface area contributed by atoms with E-state index in [0.29, 0.717) is 22.7 Å². The molecular weight excluding hydrogens is 438 g/mol. The summed E-state index contributed by atoms with van der Waals surface area (Å²) in [6, 6.07) is 17.6. The number of benzene rings is 2. The van der Waals surface area contributed by atoms with Crippen LogP contribution >= 0.6 is 11.3 Å². The van der Waals surface area contributed by atoms with Crippen molar-refractivity contribution < 1.29 is 19.1 Å². The molecule has 2 N–H and O–H groups in total. The number of amides is 3. The van der Waals surface area contributed by atoms with E-state index in [1.54, 1.807) is 30.3 Å². The van der Waals surface area contributed by atoms with Crippen LogP contribution in [0.4, 0.5) is 10.5 Å². The summed E-state index contributed by atoms with van der Waals surface area (Å²) in [7, 11) is 0. The molecule has 0 spiro atoms. The van der Waals surface area contributed by atoms with Gasteiger partial charge in [-0.2, -0.15) is 0 Å². The summed E-state index contributed by atoms with van der Waals surface area (Å²) in [6.45, 7) is 4.53. The Bertz CT molecular complexity index is 1140. The number of ether oxygens (including phenoxy) is 1. The van der Waals surface area contributed by atoms with Crippen LogP contribution in [0.2, 0.25) is 0 Å². The third-order valence-corrected chi connectivity index (χ3v) is 6.25. The molecule has 2 aromatic carbocycles. The summed E-state index contributed by atoms with van der Waals surface area (Å²) in [6.07, 6.45) is -1.29. The molecule has 0 saturated carbocycles. The molecule has 3 amide bonds. The number of hydrogen-bond acceptors (Lipinski definition) is 5. The molecule has 2 heterocycles. The topological polar surface area (TPSA) is 87.7 Å². The van der Waals surface area contributed by atoms with Gasteiger partial charge in [-0.3, -0.25) is 14.5 Å². The van der Waals surface area contributed by atoms with E-state index in [9.17, 15) is 14.4 Å². The van der Waals surface area contributed by atoms with Crippen LogP contribution in [0.5, 0.6) is 0 Å². The zero-order valence-corrected chi connectivity index (χ0v) is 19.2. The fourth-order valence-electron chi connectivity index (χ4n) is 3.85. The largest absolute Gasteiger partial charge is 0.438 e. The van der Waals surface area contributed by atoms with E-state index >= 15 is 0 Å². The molecule has 7 nitrogen and oxygen atoms in total. The molecule has 4 rings (SSSR count). The Hall–Kier alpha value is -3.65. The monoisotopic (exact) mass is 463 g/mol. The maximum atomic E-state index is 12.9. The molecule has 33 heavy (non-hydrogen) atoms. The molecule has 0 unspecified atom stereocenters. The van der Waals surface area contributed by atoms with Gasteiger partial charge in [0, 0.05) is 12.2 Å². The number of likely N-dealkylation sites (N-methyl/N-ethyl adjacent to an activating group) is 1. The van der Waals surface area contributed by atoms with E-state index in [4.69, 9.17) is 4.74 Å². The molecule has 8 heteroatoms. The molecule has 1 aliphatic rings. The quantitative estimate of drug-likeness (QED) is 0.540. The number of anilines is 1. The second-order valence-electron chi connectivity index (χ2n) is 7.81. The number of carbonyl (C=O) groups excluding carboxylic acids is 3. The standard InChI is InChI=1S/C25H25N3O4S/c1-3-26-24(30)21-22(32-25(31)28(21)15-17-7-4-6-16(2)14-17)18-9-11-19(12-10-18)27-23(29)20-8-5-13-33-20/h4-14,21-22H,3,15H2,1-2H3,(H,26,30)(H,27,29)/t21-,22-/m0/s1. The highest BCUT2D eigenvalue weighted by molar-refractivity contribution is 7.12. The molecule has 170 valence electrons. The highest BCUT2D eigenvalue weighted by Crippen LogP contribution is 2.34. The Morgan fingerprint density at radius 1 is 1.09 bits per heavy atom. The molecule has 1 aromatic heterocycles. The van der Waals surface area contributed by atoms with Crippen LogP contribution < -0.4 is 10.6 Å². The van der Waals surface area contributed by atoms with Gasteiger partial charge in [-0.1, -0.05) is 48.0 Å². The molecule has 2 atom stereocenters.